The lowest BCUT2D eigenvalue weighted by Gasteiger charge is -2.19. The monoisotopic (exact) mass is 390 g/mol. The van der Waals surface area contributed by atoms with E-state index in [-0.39, 0.29) is 18.2 Å². The van der Waals surface area contributed by atoms with E-state index in [2.05, 4.69) is 52.4 Å². The van der Waals surface area contributed by atoms with E-state index in [1.54, 1.807) is 0 Å². The summed E-state index contributed by atoms with van der Waals surface area (Å²) in [6.07, 6.45) is 12.0. The van der Waals surface area contributed by atoms with Crippen molar-refractivity contribution in [3.63, 3.8) is 0 Å². The molecule has 2 unspecified atom stereocenters. The molecule has 0 aromatic heterocycles. The van der Waals surface area contributed by atoms with Crippen LogP contribution in [0.1, 0.15) is 49.3 Å². The van der Waals surface area contributed by atoms with Gasteiger partial charge in [0.25, 0.3) is 0 Å². The van der Waals surface area contributed by atoms with Gasteiger partial charge in [0.15, 0.2) is 0 Å². The van der Waals surface area contributed by atoms with Crippen molar-refractivity contribution in [1.82, 2.24) is 0 Å². The number of hydrogen-bond acceptors (Lipinski definition) is 3. The molecule has 0 heterocycles. The molecular weight excluding hydrogens is 368 g/mol. The minimum atomic E-state index is -0.158. The van der Waals surface area contributed by atoms with Crippen molar-refractivity contribution >= 4 is 21.9 Å². The molecule has 0 amide bonds. The number of esters is 1. The van der Waals surface area contributed by atoms with Gasteiger partial charge < -0.3 is 9.47 Å². The maximum absolute atomic E-state index is 11.3. The fourth-order valence-electron chi connectivity index (χ4n) is 3.36. The normalized spacial score (nSPS) is 22.7. The minimum Gasteiger partial charge on any atom is -0.469 e. The lowest BCUT2D eigenvalue weighted by molar-refractivity contribution is -0.140. The van der Waals surface area contributed by atoms with Crippen molar-refractivity contribution in [2.24, 2.45) is 0 Å². The highest BCUT2D eigenvalue weighted by molar-refractivity contribution is 9.10. The van der Waals surface area contributed by atoms with Crippen LogP contribution in [0.25, 0.3) is 0 Å². The summed E-state index contributed by atoms with van der Waals surface area (Å²) in [5.74, 6) is -0.158. The number of aryl methyl sites for hydroxylation is 1. The molecule has 128 valence electrons. The minimum absolute atomic E-state index is 0.131. The number of allylic oxidation sites excluding steroid dienone is 3. The highest BCUT2D eigenvalue weighted by Gasteiger charge is 2.25. The first-order valence-electron chi connectivity index (χ1n) is 8.53. The fraction of sp³-hybridized carbons (Fsp3) is 0.450. The number of rotatable bonds is 5. The van der Waals surface area contributed by atoms with Crippen molar-refractivity contribution in [1.29, 1.82) is 0 Å². The summed E-state index contributed by atoms with van der Waals surface area (Å²) >= 11 is 3.56. The Morgan fingerprint density at radius 3 is 3.04 bits per heavy atom. The zero-order valence-corrected chi connectivity index (χ0v) is 15.6. The number of methoxy groups -OCH3 is 1. The maximum atomic E-state index is 11.3. The third kappa shape index (κ3) is 4.37. The Morgan fingerprint density at radius 2 is 2.21 bits per heavy atom. The molecule has 0 saturated heterocycles. The maximum Gasteiger partial charge on any atom is 0.305 e. The number of carbonyl (C=O) groups is 1. The van der Waals surface area contributed by atoms with Crippen LogP contribution >= 0.6 is 15.9 Å². The molecule has 24 heavy (non-hydrogen) atoms. The molecule has 0 fully saturated rings. The summed E-state index contributed by atoms with van der Waals surface area (Å²) in [5.41, 5.74) is 3.92. The highest BCUT2D eigenvalue weighted by Crippen LogP contribution is 2.37. The van der Waals surface area contributed by atoms with Crippen LogP contribution in [0.3, 0.4) is 0 Å². The van der Waals surface area contributed by atoms with Crippen LogP contribution in [0.2, 0.25) is 0 Å². The third-order valence-corrected chi connectivity index (χ3v) is 5.19. The first-order valence-corrected chi connectivity index (χ1v) is 9.33. The number of benzene rings is 1. The van der Waals surface area contributed by atoms with Gasteiger partial charge in [-0.3, -0.25) is 4.79 Å². The summed E-state index contributed by atoms with van der Waals surface area (Å²) in [4.78, 5) is 11.3. The largest absolute Gasteiger partial charge is 0.469 e. The standard InChI is InChI=1S/C20H23BrO3/c1-23-20(22)12-6-14-3-2-4-17(10-5-14)24-19-11-8-15-7-9-16(21)13-18(15)19/h3,5,7,9-10,13,17,19H,2,4,6,8,11-12H2,1H3. The lowest BCUT2D eigenvalue weighted by Crippen LogP contribution is -2.12. The number of halogens is 1. The van der Waals surface area contributed by atoms with E-state index in [4.69, 9.17) is 9.47 Å². The first kappa shape index (κ1) is 17.4. The topological polar surface area (TPSA) is 35.5 Å². The van der Waals surface area contributed by atoms with Crippen LogP contribution in [-0.4, -0.2) is 19.2 Å². The number of ether oxygens (including phenoxy) is 2. The average molecular weight is 391 g/mol. The second kappa shape index (κ2) is 8.13. The molecule has 3 rings (SSSR count). The van der Waals surface area contributed by atoms with Crippen LogP contribution < -0.4 is 0 Å². The smallest absolute Gasteiger partial charge is 0.305 e. The molecule has 3 nitrogen and oxygen atoms in total. The van der Waals surface area contributed by atoms with Gasteiger partial charge in [-0.15, -0.1) is 0 Å². The molecule has 0 N–H and O–H groups in total. The van der Waals surface area contributed by atoms with Gasteiger partial charge in [-0.25, -0.2) is 0 Å². The van der Waals surface area contributed by atoms with Crippen LogP contribution in [0, 0.1) is 0 Å². The second-order valence-corrected chi connectivity index (χ2v) is 7.25. The highest BCUT2D eigenvalue weighted by atomic mass is 79.9. The molecule has 0 aliphatic heterocycles. The van der Waals surface area contributed by atoms with Gasteiger partial charge >= 0.3 is 5.97 Å². The van der Waals surface area contributed by atoms with E-state index in [1.807, 2.05) is 0 Å². The molecule has 0 saturated carbocycles. The number of fused-ring (bicyclic) bond motifs is 1. The van der Waals surface area contributed by atoms with Crippen molar-refractivity contribution in [2.45, 2.75) is 50.7 Å². The fourth-order valence-corrected chi connectivity index (χ4v) is 3.74. The molecule has 0 bridgehead atoms. The van der Waals surface area contributed by atoms with Crippen molar-refractivity contribution in [2.75, 3.05) is 7.11 Å². The molecular formula is C20H23BrO3. The Hall–Kier alpha value is -1.39. The Bertz CT molecular complexity index is 663. The Morgan fingerprint density at radius 1 is 1.33 bits per heavy atom. The molecule has 1 aromatic rings. The van der Waals surface area contributed by atoms with Gasteiger partial charge in [-0.1, -0.05) is 45.8 Å². The van der Waals surface area contributed by atoms with E-state index in [9.17, 15) is 4.79 Å². The SMILES string of the molecule is COC(=O)CCC1=CCCC(OC2CCc3ccc(Br)cc32)C=C1. The summed E-state index contributed by atoms with van der Waals surface area (Å²) in [7, 11) is 1.43. The quantitative estimate of drug-likeness (QED) is 0.659. The predicted molar refractivity (Wildman–Crippen MR) is 97.8 cm³/mol. The van der Waals surface area contributed by atoms with Gasteiger partial charge in [0.05, 0.1) is 19.3 Å². The van der Waals surface area contributed by atoms with E-state index >= 15 is 0 Å². The van der Waals surface area contributed by atoms with Crippen LogP contribution in [0.15, 0.2) is 46.5 Å². The van der Waals surface area contributed by atoms with Gasteiger partial charge in [0, 0.05) is 10.9 Å². The van der Waals surface area contributed by atoms with Gasteiger partial charge in [-0.05, 0) is 55.4 Å². The molecule has 0 radical (unpaired) electrons. The molecule has 4 heteroatoms. The van der Waals surface area contributed by atoms with Crippen molar-refractivity contribution in [3.8, 4) is 0 Å². The molecule has 0 spiro atoms. The molecule has 2 aliphatic carbocycles. The zero-order chi connectivity index (χ0) is 16.9. The Kier molecular flexibility index (Phi) is 5.90. The van der Waals surface area contributed by atoms with E-state index < -0.39 is 0 Å². The first-order chi connectivity index (χ1) is 11.7. The summed E-state index contributed by atoms with van der Waals surface area (Å²) < 4.78 is 12.2. The van der Waals surface area contributed by atoms with E-state index in [1.165, 1.54) is 23.8 Å². The lowest BCUT2D eigenvalue weighted by atomic mass is 10.1. The van der Waals surface area contributed by atoms with Gasteiger partial charge in [0.1, 0.15) is 0 Å². The van der Waals surface area contributed by atoms with Crippen molar-refractivity contribution < 1.29 is 14.3 Å². The van der Waals surface area contributed by atoms with Crippen LogP contribution in [0.4, 0.5) is 0 Å². The van der Waals surface area contributed by atoms with E-state index in [0.29, 0.717) is 6.42 Å². The number of carbonyl (C=O) groups excluding carboxylic acids is 1. The van der Waals surface area contributed by atoms with Crippen LogP contribution in [0.5, 0.6) is 0 Å². The summed E-state index contributed by atoms with van der Waals surface area (Å²) in [6, 6.07) is 6.48. The van der Waals surface area contributed by atoms with Crippen LogP contribution in [-0.2, 0) is 20.7 Å². The Labute approximate surface area is 151 Å². The predicted octanol–water partition coefficient (Wildman–Crippen LogP) is 5.05. The Balaban J connectivity index is 1.58. The molecule has 1 aromatic carbocycles. The summed E-state index contributed by atoms with van der Waals surface area (Å²) in [6.45, 7) is 0. The van der Waals surface area contributed by atoms with Gasteiger partial charge in [-0.2, -0.15) is 0 Å². The third-order valence-electron chi connectivity index (χ3n) is 4.70. The van der Waals surface area contributed by atoms with Gasteiger partial charge in [0.2, 0.25) is 0 Å². The summed E-state index contributed by atoms with van der Waals surface area (Å²) in [5, 5.41) is 0. The van der Waals surface area contributed by atoms with E-state index in [0.717, 1.165) is 36.6 Å². The number of hydrogen-bond donors (Lipinski definition) is 0. The second-order valence-electron chi connectivity index (χ2n) is 6.34. The van der Waals surface area contributed by atoms with Crippen molar-refractivity contribution in [3.05, 3.63) is 57.6 Å². The zero-order valence-electron chi connectivity index (χ0n) is 14.0. The average Bonchev–Trinajstić information content (AvgIpc) is 2.83. The molecule has 2 aliphatic rings. The molecule has 2 atom stereocenters.